The van der Waals surface area contributed by atoms with Gasteiger partial charge in [-0.1, -0.05) is 30.6 Å². The molecular formula is C21H26N2O4. The molecule has 144 valence electrons. The third-order valence-corrected chi connectivity index (χ3v) is 3.94. The molecule has 0 aliphatic heterocycles. The molecule has 2 rings (SSSR count). The second kappa shape index (κ2) is 10.9. The summed E-state index contributed by atoms with van der Waals surface area (Å²) in [7, 11) is 3.14. The van der Waals surface area contributed by atoms with Gasteiger partial charge >= 0.3 is 0 Å². The summed E-state index contributed by atoms with van der Waals surface area (Å²) in [5.74, 6) is 0.970. The number of anilines is 1. The van der Waals surface area contributed by atoms with E-state index in [-0.39, 0.29) is 12.5 Å². The van der Waals surface area contributed by atoms with Gasteiger partial charge in [-0.3, -0.25) is 4.79 Å². The Morgan fingerprint density at radius 1 is 1.07 bits per heavy atom. The molecular weight excluding hydrogens is 344 g/mol. The number of rotatable bonds is 10. The van der Waals surface area contributed by atoms with E-state index < -0.39 is 0 Å². The summed E-state index contributed by atoms with van der Waals surface area (Å²) in [6.45, 7) is 2.00. The number of carbonyl (C=O) groups excluding carboxylic acids is 1. The maximum Gasteiger partial charge on any atom is 0.265 e. The van der Waals surface area contributed by atoms with Gasteiger partial charge in [0.1, 0.15) is 0 Å². The van der Waals surface area contributed by atoms with Crippen LogP contribution >= 0.6 is 0 Å². The lowest BCUT2D eigenvalue weighted by Crippen LogP contribution is -2.16. The normalized spacial score (nSPS) is 10.6. The van der Waals surface area contributed by atoms with Crippen molar-refractivity contribution in [2.24, 2.45) is 5.16 Å². The first kappa shape index (κ1) is 20.3. The SMILES string of the molecule is CCCCc1ccc(NC(=O)CO/N=C\c2ccc(OC)c(OC)c2)cc1. The van der Waals surface area contributed by atoms with E-state index in [1.54, 1.807) is 26.4 Å². The van der Waals surface area contributed by atoms with Crippen LogP contribution in [0.15, 0.2) is 47.6 Å². The number of amides is 1. The Kier molecular flexibility index (Phi) is 8.16. The zero-order valence-corrected chi connectivity index (χ0v) is 16.0. The number of carbonyl (C=O) groups is 1. The first-order chi connectivity index (χ1) is 13.2. The van der Waals surface area contributed by atoms with E-state index in [0.717, 1.165) is 24.1 Å². The maximum absolute atomic E-state index is 11.9. The van der Waals surface area contributed by atoms with Gasteiger partial charge in [-0.2, -0.15) is 0 Å². The highest BCUT2D eigenvalue weighted by Gasteiger charge is 2.04. The Hall–Kier alpha value is -3.02. The number of hydrogen-bond acceptors (Lipinski definition) is 5. The molecule has 27 heavy (non-hydrogen) atoms. The van der Waals surface area contributed by atoms with Crippen LogP contribution in [-0.2, 0) is 16.1 Å². The number of nitrogens with one attached hydrogen (secondary N) is 1. The lowest BCUT2D eigenvalue weighted by molar-refractivity contribution is -0.120. The molecule has 6 nitrogen and oxygen atoms in total. The van der Waals surface area contributed by atoms with Crippen LogP contribution in [0.3, 0.4) is 0 Å². The van der Waals surface area contributed by atoms with E-state index in [2.05, 4.69) is 17.4 Å². The van der Waals surface area contributed by atoms with Crippen molar-refractivity contribution >= 4 is 17.8 Å². The third-order valence-electron chi connectivity index (χ3n) is 3.94. The van der Waals surface area contributed by atoms with E-state index >= 15 is 0 Å². The molecule has 6 heteroatoms. The van der Waals surface area contributed by atoms with E-state index in [4.69, 9.17) is 14.3 Å². The number of methoxy groups -OCH3 is 2. The van der Waals surface area contributed by atoms with Crippen molar-refractivity contribution in [3.05, 3.63) is 53.6 Å². The van der Waals surface area contributed by atoms with Crippen molar-refractivity contribution in [2.45, 2.75) is 26.2 Å². The monoisotopic (exact) mass is 370 g/mol. The Morgan fingerprint density at radius 3 is 2.48 bits per heavy atom. The molecule has 1 N–H and O–H groups in total. The molecule has 0 bridgehead atoms. The molecule has 0 heterocycles. The number of unbranched alkanes of at least 4 members (excludes halogenated alkanes) is 1. The minimum Gasteiger partial charge on any atom is -0.493 e. The standard InChI is InChI=1S/C21H26N2O4/c1-4-5-6-16-7-10-18(11-8-16)23-21(24)15-27-22-14-17-9-12-19(25-2)20(13-17)26-3/h7-14H,4-6,15H2,1-3H3,(H,23,24)/b22-14-. The summed E-state index contributed by atoms with van der Waals surface area (Å²) in [5, 5.41) is 6.60. The Bertz CT molecular complexity index is 757. The van der Waals surface area contributed by atoms with Gasteiger partial charge in [-0.05, 0) is 48.7 Å². The highest BCUT2D eigenvalue weighted by Crippen LogP contribution is 2.26. The fourth-order valence-electron chi connectivity index (χ4n) is 2.46. The van der Waals surface area contributed by atoms with Crippen molar-refractivity contribution in [3.63, 3.8) is 0 Å². The van der Waals surface area contributed by atoms with E-state index in [1.807, 2.05) is 30.3 Å². The van der Waals surface area contributed by atoms with Gasteiger partial charge in [-0.25, -0.2) is 0 Å². The number of ether oxygens (including phenoxy) is 2. The summed E-state index contributed by atoms with van der Waals surface area (Å²) < 4.78 is 10.4. The van der Waals surface area contributed by atoms with Gasteiger partial charge in [0.2, 0.25) is 0 Å². The molecule has 0 spiro atoms. The molecule has 2 aromatic carbocycles. The topological polar surface area (TPSA) is 69.2 Å². The first-order valence-corrected chi connectivity index (χ1v) is 8.92. The van der Waals surface area contributed by atoms with Gasteiger partial charge in [-0.15, -0.1) is 0 Å². The Morgan fingerprint density at radius 2 is 1.81 bits per heavy atom. The number of aryl methyl sites for hydroxylation is 1. The number of hydrogen-bond donors (Lipinski definition) is 1. The van der Waals surface area contributed by atoms with E-state index in [0.29, 0.717) is 11.5 Å². The second-order valence-electron chi connectivity index (χ2n) is 5.97. The van der Waals surface area contributed by atoms with Crippen molar-refractivity contribution < 1.29 is 19.1 Å². The predicted molar refractivity (Wildman–Crippen MR) is 107 cm³/mol. The molecule has 0 atom stereocenters. The zero-order valence-electron chi connectivity index (χ0n) is 16.0. The average molecular weight is 370 g/mol. The minimum atomic E-state index is -0.263. The molecule has 2 aromatic rings. The maximum atomic E-state index is 11.9. The van der Waals surface area contributed by atoms with Crippen LogP contribution in [0.1, 0.15) is 30.9 Å². The fraction of sp³-hybridized carbons (Fsp3) is 0.333. The average Bonchev–Trinajstić information content (AvgIpc) is 2.70. The van der Waals surface area contributed by atoms with Crippen molar-refractivity contribution in [1.82, 2.24) is 0 Å². The van der Waals surface area contributed by atoms with Crippen LogP contribution in [0.5, 0.6) is 11.5 Å². The van der Waals surface area contributed by atoms with E-state index in [1.165, 1.54) is 18.2 Å². The highest BCUT2D eigenvalue weighted by molar-refractivity contribution is 5.91. The second-order valence-corrected chi connectivity index (χ2v) is 5.97. The summed E-state index contributed by atoms with van der Waals surface area (Å²) in [5.41, 5.74) is 2.79. The molecule has 1 amide bonds. The number of benzene rings is 2. The number of oxime groups is 1. The summed E-state index contributed by atoms with van der Waals surface area (Å²) in [6, 6.07) is 13.2. The molecule has 0 saturated heterocycles. The largest absolute Gasteiger partial charge is 0.493 e. The lowest BCUT2D eigenvalue weighted by Gasteiger charge is -2.07. The summed E-state index contributed by atoms with van der Waals surface area (Å²) >= 11 is 0. The highest BCUT2D eigenvalue weighted by atomic mass is 16.6. The van der Waals surface area contributed by atoms with Crippen molar-refractivity contribution in [2.75, 3.05) is 26.1 Å². The third kappa shape index (κ3) is 6.66. The van der Waals surface area contributed by atoms with Crippen LogP contribution < -0.4 is 14.8 Å². The van der Waals surface area contributed by atoms with Crippen LogP contribution in [-0.4, -0.2) is 32.9 Å². The molecule has 0 unspecified atom stereocenters. The predicted octanol–water partition coefficient (Wildman–Crippen LogP) is 4.04. The summed E-state index contributed by atoms with van der Waals surface area (Å²) in [6.07, 6.45) is 4.90. The van der Waals surface area contributed by atoms with Crippen LogP contribution in [0, 0.1) is 0 Å². The molecule has 0 saturated carbocycles. The Balaban J connectivity index is 1.79. The molecule has 0 aliphatic rings. The van der Waals surface area contributed by atoms with Gasteiger partial charge in [0.25, 0.3) is 5.91 Å². The Labute approximate surface area is 160 Å². The number of nitrogens with zero attached hydrogens (tertiary/aromatic N) is 1. The van der Waals surface area contributed by atoms with Gasteiger partial charge in [0.05, 0.1) is 20.4 Å². The molecule has 0 fully saturated rings. The summed E-state index contributed by atoms with van der Waals surface area (Å²) in [4.78, 5) is 17.0. The van der Waals surface area contributed by atoms with Gasteiger partial charge in [0.15, 0.2) is 18.1 Å². The van der Waals surface area contributed by atoms with E-state index in [9.17, 15) is 4.79 Å². The lowest BCUT2D eigenvalue weighted by atomic mass is 10.1. The van der Waals surface area contributed by atoms with Crippen molar-refractivity contribution in [3.8, 4) is 11.5 Å². The van der Waals surface area contributed by atoms with Gasteiger partial charge in [0, 0.05) is 11.3 Å². The van der Waals surface area contributed by atoms with Crippen LogP contribution in [0.4, 0.5) is 5.69 Å². The molecule has 0 aromatic heterocycles. The van der Waals surface area contributed by atoms with Crippen LogP contribution in [0.2, 0.25) is 0 Å². The molecule has 0 radical (unpaired) electrons. The smallest absolute Gasteiger partial charge is 0.265 e. The molecule has 0 aliphatic carbocycles. The fourth-order valence-corrected chi connectivity index (χ4v) is 2.46. The first-order valence-electron chi connectivity index (χ1n) is 8.92. The minimum absolute atomic E-state index is 0.165. The zero-order chi connectivity index (χ0) is 19.5. The quantitative estimate of drug-likeness (QED) is 0.506. The van der Waals surface area contributed by atoms with Crippen molar-refractivity contribution in [1.29, 1.82) is 0 Å². The van der Waals surface area contributed by atoms with Gasteiger partial charge < -0.3 is 19.6 Å². The van der Waals surface area contributed by atoms with Crippen LogP contribution in [0.25, 0.3) is 0 Å².